The maximum atomic E-state index is 5.22. The van der Waals surface area contributed by atoms with Crippen LogP contribution in [-0.2, 0) is 11.3 Å². The van der Waals surface area contributed by atoms with E-state index in [4.69, 9.17) is 4.74 Å². The highest BCUT2D eigenvalue weighted by Gasteiger charge is 2.21. The van der Waals surface area contributed by atoms with Crippen LogP contribution in [0.4, 0.5) is 5.82 Å². The highest BCUT2D eigenvalue weighted by Crippen LogP contribution is 2.37. The first-order valence-electron chi connectivity index (χ1n) is 6.11. The van der Waals surface area contributed by atoms with Gasteiger partial charge in [0.1, 0.15) is 11.6 Å². The Morgan fingerprint density at radius 1 is 1.44 bits per heavy atom. The molecule has 18 heavy (non-hydrogen) atoms. The average molecular weight is 379 g/mol. The smallest absolute Gasteiger partial charge is 0.144 e. The fourth-order valence-corrected chi connectivity index (χ4v) is 3.91. The molecule has 0 spiro atoms. The number of methoxy groups -OCH3 is 1. The van der Waals surface area contributed by atoms with Gasteiger partial charge in [-0.15, -0.1) is 0 Å². The second-order valence-corrected chi connectivity index (χ2v) is 6.62. The lowest BCUT2D eigenvalue weighted by molar-refractivity contribution is 0.180. The van der Waals surface area contributed by atoms with E-state index in [9.17, 15) is 0 Å². The zero-order valence-electron chi connectivity index (χ0n) is 10.7. The Hall–Kier alpha value is -0.0800. The molecule has 1 atom stereocenters. The molecule has 4 nitrogen and oxygen atoms in total. The van der Waals surface area contributed by atoms with Gasteiger partial charge in [0.05, 0.1) is 21.1 Å². The molecule has 0 bridgehead atoms. The van der Waals surface area contributed by atoms with Crippen molar-refractivity contribution in [1.29, 1.82) is 0 Å². The molecule has 0 aliphatic carbocycles. The van der Waals surface area contributed by atoms with Gasteiger partial charge in [0, 0.05) is 14.2 Å². The number of nitrogens with zero attached hydrogens (tertiary/aromatic N) is 2. The number of nitrogens with one attached hydrogen (secondary N) is 1. The van der Waals surface area contributed by atoms with Crippen molar-refractivity contribution in [1.82, 2.24) is 9.97 Å². The highest BCUT2D eigenvalue weighted by atomic mass is 127. The molecule has 1 aromatic heterocycles. The number of halogens is 1. The second kappa shape index (κ2) is 6.91. The molecule has 1 N–H and O–H groups in total. The Morgan fingerprint density at radius 2 is 2.28 bits per heavy atom. The Bertz CT molecular complexity index is 411. The van der Waals surface area contributed by atoms with Gasteiger partial charge in [-0.2, -0.15) is 11.8 Å². The van der Waals surface area contributed by atoms with Crippen LogP contribution >= 0.6 is 34.4 Å². The van der Waals surface area contributed by atoms with Gasteiger partial charge in [0.2, 0.25) is 0 Å². The third-order valence-electron chi connectivity index (χ3n) is 2.92. The van der Waals surface area contributed by atoms with Crippen LogP contribution in [0.5, 0.6) is 0 Å². The molecule has 1 aliphatic rings. The number of rotatable bonds is 4. The molecule has 2 heterocycles. The van der Waals surface area contributed by atoms with Crippen molar-refractivity contribution in [3.8, 4) is 0 Å². The fourth-order valence-electron chi connectivity index (χ4n) is 2.00. The zero-order valence-corrected chi connectivity index (χ0v) is 13.7. The molecule has 1 unspecified atom stereocenters. The third-order valence-corrected chi connectivity index (χ3v) is 5.43. The molecule has 2 rings (SSSR count). The number of aromatic nitrogens is 2. The Labute approximate surface area is 126 Å². The minimum absolute atomic E-state index is 0.443. The van der Waals surface area contributed by atoms with Gasteiger partial charge in [-0.1, -0.05) is 6.42 Å². The lowest BCUT2D eigenvalue weighted by Gasteiger charge is -2.21. The van der Waals surface area contributed by atoms with Gasteiger partial charge < -0.3 is 10.1 Å². The summed E-state index contributed by atoms with van der Waals surface area (Å²) < 4.78 is 6.28. The van der Waals surface area contributed by atoms with E-state index in [1.165, 1.54) is 25.0 Å². The van der Waals surface area contributed by atoms with Crippen LogP contribution < -0.4 is 5.32 Å². The fraction of sp³-hybridized carbons (Fsp3) is 0.667. The van der Waals surface area contributed by atoms with Crippen LogP contribution in [0.25, 0.3) is 0 Å². The predicted molar refractivity (Wildman–Crippen MR) is 84.1 cm³/mol. The summed E-state index contributed by atoms with van der Waals surface area (Å²) in [6, 6.07) is 0. The van der Waals surface area contributed by atoms with Gasteiger partial charge in [0.25, 0.3) is 0 Å². The minimum Gasteiger partial charge on any atom is -0.378 e. The Kier molecular flexibility index (Phi) is 5.50. The van der Waals surface area contributed by atoms with Crippen LogP contribution in [0.15, 0.2) is 0 Å². The van der Waals surface area contributed by atoms with Gasteiger partial charge in [-0.3, -0.25) is 0 Å². The summed E-state index contributed by atoms with van der Waals surface area (Å²) in [5, 5.41) is 3.59. The van der Waals surface area contributed by atoms with Crippen LogP contribution in [-0.4, -0.2) is 29.9 Å². The molecule has 1 fully saturated rings. The lowest BCUT2D eigenvalue weighted by atomic mass is 10.2. The van der Waals surface area contributed by atoms with Gasteiger partial charge in [-0.25, -0.2) is 9.97 Å². The summed E-state index contributed by atoms with van der Waals surface area (Å²) in [6.45, 7) is 0.542. The number of hydrogen-bond donors (Lipinski definition) is 1. The van der Waals surface area contributed by atoms with Crippen molar-refractivity contribution in [2.75, 3.05) is 25.2 Å². The van der Waals surface area contributed by atoms with E-state index >= 15 is 0 Å². The van der Waals surface area contributed by atoms with Crippen molar-refractivity contribution < 1.29 is 4.74 Å². The van der Waals surface area contributed by atoms with Crippen molar-refractivity contribution in [2.45, 2.75) is 31.1 Å². The number of anilines is 1. The number of thioether (sulfide) groups is 1. The number of ether oxygens (including phenoxy) is 1. The van der Waals surface area contributed by atoms with Crippen molar-refractivity contribution >= 4 is 40.2 Å². The molecule has 100 valence electrons. The van der Waals surface area contributed by atoms with E-state index in [0.717, 1.165) is 20.9 Å². The quantitative estimate of drug-likeness (QED) is 0.814. The monoisotopic (exact) mass is 379 g/mol. The maximum Gasteiger partial charge on any atom is 0.144 e. The molecular weight excluding hydrogens is 361 g/mol. The molecule has 0 aromatic carbocycles. The lowest BCUT2D eigenvalue weighted by Crippen LogP contribution is -2.12. The summed E-state index contributed by atoms with van der Waals surface area (Å²) in [5.41, 5.74) is 0.985. The topological polar surface area (TPSA) is 47.0 Å². The first-order chi connectivity index (χ1) is 8.76. The average Bonchev–Trinajstić information content (AvgIpc) is 2.42. The van der Waals surface area contributed by atoms with Gasteiger partial charge >= 0.3 is 0 Å². The standard InChI is InChI=1S/C12H18IN3OS/c1-14-12-10(13)8(7-17-2)15-11(16-12)9-5-3-4-6-18-9/h9H,3-7H2,1-2H3,(H,14,15,16). The first-order valence-corrected chi connectivity index (χ1v) is 8.23. The molecule has 0 amide bonds. The molecule has 0 radical (unpaired) electrons. The first kappa shape index (κ1) is 14.3. The SMILES string of the molecule is CNc1nc(C2CCCCS2)nc(COC)c1I. The van der Waals surface area contributed by atoms with Gasteiger partial charge in [0.15, 0.2) is 0 Å². The van der Waals surface area contributed by atoms with Crippen LogP contribution in [0.2, 0.25) is 0 Å². The highest BCUT2D eigenvalue weighted by molar-refractivity contribution is 14.1. The molecule has 1 aromatic rings. The second-order valence-electron chi connectivity index (χ2n) is 4.23. The summed E-state index contributed by atoms with van der Waals surface area (Å²) in [4.78, 5) is 9.34. The summed E-state index contributed by atoms with van der Waals surface area (Å²) in [5.74, 6) is 3.09. The van der Waals surface area contributed by atoms with Crippen LogP contribution in [0, 0.1) is 3.57 Å². The van der Waals surface area contributed by atoms with E-state index < -0.39 is 0 Å². The van der Waals surface area contributed by atoms with Gasteiger partial charge in [-0.05, 0) is 41.2 Å². The van der Waals surface area contributed by atoms with E-state index in [0.29, 0.717) is 11.9 Å². The summed E-state index contributed by atoms with van der Waals surface area (Å²) in [7, 11) is 3.60. The molecular formula is C12H18IN3OS. The molecule has 0 saturated carbocycles. The Balaban J connectivity index is 2.31. The normalized spacial score (nSPS) is 19.8. The van der Waals surface area contributed by atoms with E-state index in [1.54, 1.807) is 7.11 Å². The maximum absolute atomic E-state index is 5.22. The largest absolute Gasteiger partial charge is 0.378 e. The van der Waals surface area contributed by atoms with Crippen molar-refractivity contribution in [3.05, 3.63) is 15.1 Å². The van der Waals surface area contributed by atoms with Crippen LogP contribution in [0.1, 0.15) is 36.0 Å². The molecule has 1 aliphatic heterocycles. The minimum atomic E-state index is 0.443. The van der Waals surface area contributed by atoms with E-state index in [-0.39, 0.29) is 0 Å². The van der Waals surface area contributed by atoms with Crippen LogP contribution in [0.3, 0.4) is 0 Å². The zero-order chi connectivity index (χ0) is 13.0. The molecule has 1 saturated heterocycles. The van der Waals surface area contributed by atoms with Crippen molar-refractivity contribution in [3.63, 3.8) is 0 Å². The summed E-state index contributed by atoms with van der Waals surface area (Å²) >= 11 is 4.25. The number of hydrogen-bond acceptors (Lipinski definition) is 5. The van der Waals surface area contributed by atoms with Crippen molar-refractivity contribution in [2.24, 2.45) is 0 Å². The van der Waals surface area contributed by atoms with E-state index in [2.05, 4.69) is 37.9 Å². The third kappa shape index (κ3) is 3.27. The Morgan fingerprint density at radius 3 is 2.89 bits per heavy atom. The predicted octanol–water partition coefficient (Wildman–Crippen LogP) is 3.23. The van der Waals surface area contributed by atoms with E-state index in [1.807, 2.05) is 18.8 Å². The summed E-state index contributed by atoms with van der Waals surface area (Å²) in [6.07, 6.45) is 3.78. The molecule has 6 heteroatoms.